The molecule has 17 heavy (non-hydrogen) atoms. The van der Waals surface area contributed by atoms with E-state index in [1.54, 1.807) is 7.11 Å². The second kappa shape index (κ2) is 7.33. The van der Waals surface area contributed by atoms with E-state index in [4.69, 9.17) is 4.74 Å². The molecule has 1 aromatic rings. The Kier molecular flexibility index (Phi) is 6.06. The Hall–Kier alpha value is -1.02. The van der Waals surface area contributed by atoms with Gasteiger partial charge in [-0.15, -0.1) is 0 Å². The summed E-state index contributed by atoms with van der Waals surface area (Å²) in [6, 6.07) is 9.17. The molecule has 2 nitrogen and oxygen atoms in total. The van der Waals surface area contributed by atoms with Gasteiger partial charge in [0.25, 0.3) is 0 Å². The fraction of sp³-hybridized carbons (Fsp3) is 0.600. The highest BCUT2D eigenvalue weighted by atomic mass is 16.5. The lowest BCUT2D eigenvalue weighted by molar-refractivity contribution is 0.382. The predicted molar refractivity (Wildman–Crippen MR) is 73.5 cm³/mol. The molecule has 2 atom stereocenters. The summed E-state index contributed by atoms with van der Waals surface area (Å²) in [5, 5.41) is 3.68. The van der Waals surface area contributed by atoms with Crippen LogP contribution in [0.5, 0.6) is 5.75 Å². The van der Waals surface area contributed by atoms with Crippen molar-refractivity contribution in [1.82, 2.24) is 5.32 Å². The minimum absolute atomic E-state index is 0.336. The highest BCUT2D eigenvalue weighted by Gasteiger charge is 2.14. The van der Waals surface area contributed by atoms with Crippen molar-refractivity contribution >= 4 is 0 Å². The van der Waals surface area contributed by atoms with Crippen LogP contribution < -0.4 is 10.1 Å². The standard InChI is InChI=1S/C15H25NO/c1-5-9-13(6-2)16-12(3)14-10-7-8-11-15(14)17-4/h7-8,10-13,16H,5-6,9H2,1-4H3/t12-,13?/m1/s1. The van der Waals surface area contributed by atoms with Gasteiger partial charge >= 0.3 is 0 Å². The summed E-state index contributed by atoms with van der Waals surface area (Å²) in [5.74, 6) is 0.971. The molecule has 1 N–H and O–H groups in total. The van der Waals surface area contributed by atoms with Crippen molar-refractivity contribution in [2.75, 3.05) is 7.11 Å². The molecule has 0 aliphatic carbocycles. The lowest BCUT2D eigenvalue weighted by Gasteiger charge is -2.23. The minimum atomic E-state index is 0.336. The van der Waals surface area contributed by atoms with Crippen LogP contribution in [0.2, 0.25) is 0 Å². The molecule has 0 radical (unpaired) electrons. The second-order valence-corrected chi connectivity index (χ2v) is 4.52. The van der Waals surface area contributed by atoms with Crippen LogP contribution in [0.3, 0.4) is 0 Å². The monoisotopic (exact) mass is 235 g/mol. The molecule has 1 unspecified atom stereocenters. The molecule has 1 rings (SSSR count). The van der Waals surface area contributed by atoms with E-state index >= 15 is 0 Å². The Labute approximate surface area is 105 Å². The summed E-state index contributed by atoms with van der Waals surface area (Å²) in [6.07, 6.45) is 3.63. The third-order valence-electron chi connectivity index (χ3n) is 3.22. The van der Waals surface area contributed by atoms with Gasteiger partial charge in [0.15, 0.2) is 0 Å². The molecule has 0 spiro atoms. The lowest BCUT2D eigenvalue weighted by atomic mass is 10.0. The Morgan fingerprint density at radius 1 is 1.24 bits per heavy atom. The smallest absolute Gasteiger partial charge is 0.123 e. The third-order valence-corrected chi connectivity index (χ3v) is 3.22. The molecule has 0 saturated carbocycles. The van der Waals surface area contributed by atoms with Gasteiger partial charge in [0.2, 0.25) is 0 Å². The normalized spacial score (nSPS) is 14.4. The number of ether oxygens (including phenoxy) is 1. The van der Waals surface area contributed by atoms with Crippen molar-refractivity contribution in [3.63, 3.8) is 0 Å². The second-order valence-electron chi connectivity index (χ2n) is 4.52. The zero-order valence-corrected chi connectivity index (χ0v) is 11.5. The summed E-state index contributed by atoms with van der Waals surface area (Å²) in [7, 11) is 1.73. The summed E-state index contributed by atoms with van der Waals surface area (Å²) in [4.78, 5) is 0. The van der Waals surface area contributed by atoms with Crippen molar-refractivity contribution in [1.29, 1.82) is 0 Å². The highest BCUT2D eigenvalue weighted by Crippen LogP contribution is 2.25. The van der Waals surface area contributed by atoms with E-state index in [0.717, 1.165) is 5.75 Å². The highest BCUT2D eigenvalue weighted by molar-refractivity contribution is 5.35. The zero-order valence-electron chi connectivity index (χ0n) is 11.5. The van der Waals surface area contributed by atoms with Crippen LogP contribution in [0.25, 0.3) is 0 Å². The van der Waals surface area contributed by atoms with E-state index < -0.39 is 0 Å². The van der Waals surface area contributed by atoms with Crippen LogP contribution in [0.4, 0.5) is 0 Å². The Morgan fingerprint density at radius 3 is 2.53 bits per heavy atom. The van der Waals surface area contributed by atoms with Crippen LogP contribution in [-0.4, -0.2) is 13.2 Å². The molecule has 0 heterocycles. The Morgan fingerprint density at radius 2 is 1.94 bits per heavy atom. The van der Waals surface area contributed by atoms with Crippen LogP contribution in [0, 0.1) is 0 Å². The fourth-order valence-corrected chi connectivity index (χ4v) is 2.22. The van der Waals surface area contributed by atoms with Crippen LogP contribution in [-0.2, 0) is 0 Å². The number of nitrogens with one attached hydrogen (secondary N) is 1. The first-order valence-electron chi connectivity index (χ1n) is 6.61. The number of hydrogen-bond donors (Lipinski definition) is 1. The number of benzene rings is 1. The minimum Gasteiger partial charge on any atom is -0.496 e. The largest absolute Gasteiger partial charge is 0.496 e. The number of para-hydroxylation sites is 1. The van der Waals surface area contributed by atoms with E-state index in [1.165, 1.54) is 24.8 Å². The number of rotatable bonds is 7. The quantitative estimate of drug-likeness (QED) is 0.773. The van der Waals surface area contributed by atoms with Crippen molar-refractivity contribution in [3.8, 4) is 5.75 Å². The van der Waals surface area contributed by atoms with Gasteiger partial charge < -0.3 is 10.1 Å². The van der Waals surface area contributed by atoms with E-state index in [-0.39, 0.29) is 0 Å². The van der Waals surface area contributed by atoms with E-state index in [2.05, 4.69) is 38.2 Å². The van der Waals surface area contributed by atoms with E-state index in [1.807, 2.05) is 12.1 Å². The van der Waals surface area contributed by atoms with Gasteiger partial charge in [-0.1, -0.05) is 38.5 Å². The van der Waals surface area contributed by atoms with Crippen LogP contribution in [0.15, 0.2) is 24.3 Å². The molecule has 0 fully saturated rings. The van der Waals surface area contributed by atoms with Gasteiger partial charge in [0, 0.05) is 17.6 Å². The Bertz CT molecular complexity index is 324. The molecule has 2 heteroatoms. The van der Waals surface area contributed by atoms with Gasteiger partial charge in [0.1, 0.15) is 5.75 Å². The SMILES string of the molecule is CCCC(CC)N[C@H](C)c1ccccc1OC. The predicted octanol–water partition coefficient (Wildman–Crippen LogP) is 3.92. The van der Waals surface area contributed by atoms with Crippen LogP contribution in [0.1, 0.15) is 51.6 Å². The first-order chi connectivity index (χ1) is 8.22. The third kappa shape index (κ3) is 4.04. The van der Waals surface area contributed by atoms with Crippen molar-refractivity contribution in [2.24, 2.45) is 0 Å². The van der Waals surface area contributed by atoms with Gasteiger partial charge in [-0.2, -0.15) is 0 Å². The molecule has 0 aliphatic rings. The zero-order chi connectivity index (χ0) is 12.7. The van der Waals surface area contributed by atoms with Gasteiger partial charge in [-0.25, -0.2) is 0 Å². The summed E-state index contributed by atoms with van der Waals surface area (Å²) in [5.41, 5.74) is 1.24. The number of methoxy groups -OCH3 is 1. The van der Waals surface area contributed by atoms with Gasteiger partial charge in [0.05, 0.1) is 7.11 Å². The summed E-state index contributed by atoms with van der Waals surface area (Å²) >= 11 is 0. The fourth-order valence-electron chi connectivity index (χ4n) is 2.22. The molecule has 0 bridgehead atoms. The molecule has 0 amide bonds. The topological polar surface area (TPSA) is 21.3 Å². The van der Waals surface area contributed by atoms with Crippen molar-refractivity contribution in [2.45, 2.75) is 52.1 Å². The summed E-state index contributed by atoms with van der Waals surface area (Å²) in [6.45, 7) is 6.68. The lowest BCUT2D eigenvalue weighted by Crippen LogP contribution is -2.31. The maximum atomic E-state index is 5.40. The maximum Gasteiger partial charge on any atom is 0.123 e. The van der Waals surface area contributed by atoms with Crippen molar-refractivity contribution < 1.29 is 4.74 Å². The van der Waals surface area contributed by atoms with Crippen LogP contribution >= 0.6 is 0 Å². The number of hydrogen-bond acceptors (Lipinski definition) is 2. The Balaban J connectivity index is 2.71. The first kappa shape index (κ1) is 14.0. The molecule has 0 aliphatic heterocycles. The average Bonchev–Trinajstić information content (AvgIpc) is 2.38. The first-order valence-corrected chi connectivity index (χ1v) is 6.61. The molecule has 0 saturated heterocycles. The molecule has 96 valence electrons. The van der Waals surface area contributed by atoms with Gasteiger partial charge in [-0.05, 0) is 25.8 Å². The van der Waals surface area contributed by atoms with Crippen molar-refractivity contribution in [3.05, 3.63) is 29.8 Å². The van der Waals surface area contributed by atoms with E-state index in [0.29, 0.717) is 12.1 Å². The van der Waals surface area contributed by atoms with Gasteiger partial charge in [-0.3, -0.25) is 0 Å². The maximum absolute atomic E-state index is 5.40. The van der Waals surface area contributed by atoms with E-state index in [9.17, 15) is 0 Å². The molecule has 1 aromatic carbocycles. The average molecular weight is 235 g/mol. The molecule has 0 aromatic heterocycles. The summed E-state index contributed by atoms with van der Waals surface area (Å²) < 4.78 is 5.40. The molecular weight excluding hydrogens is 210 g/mol. The molecular formula is C15H25NO.